The number of halogens is 3. The minimum Gasteiger partial charge on any atom is -0.328 e. The molecule has 0 amide bonds. The van der Waals surface area contributed by atoms with Crippen LogP contribution in [0.2, 0.25) is 0 Å². The van der Waals surface area contributed by atoms with Crippen molar-refractivity contribution in [1.29, 1.82) is 0 Å². The average Bonchev–Trinajstić information content (AvgIpc) is 3.06. The zero-order valence-corrected chi connectivity index (χ0v) is 8.85. The lowest BCUT2D eigenvalue weighted by atomic mass is 9.91. The molecule has 2 rings (SSSR count). The van der Waals surface area contributed by atoms with Crippen LogP contribution in [0.3, 0.4) is 0 Å². The summed E-state index contributed by atoms with van der Waals surface area (Å²) in [6.45, 7) is -0.117. The van der Waals surface area contributed by atoms with E-state index in [1.165, 1.54) is 6.07 Å². The lowest BCUT2D eigenvalue weighted by molar-refractivity contribution is 0.141. The summed E-state index contributed by atoms with van der Waals surface area (Å²) >= 11 is 0. The molecule has 1 unspecified atom stereocenters. The van der Waals surface area contributed by atoms with Gasteiger partial charge in [-0.25, -0.2) is 13.2 Å². The van der Waals surface area contributed by atoms with Crippen LogP contribution < -0.4 is 5.73 Å². The second-order valence-corrected chi connectivity index (χ2v) is 4.43. The van der Waals surface area contributed by atoms with Gasteiger partial charge in [0.15, 0.2) is 0 Å². The summed E-state index contributed by atoms with van der Waals surface area (Å²) in [7, 11) is 0. The normalized spacial score (nSPS) is 19.5. The topological polar surface area (TPSA) is 26.0 Å². The lowest BCUT2D eigenvalue weighted by Crippen LogP contribution is -2.38. The van der Waals surface area contributed by atoms with Crippen LogP contribution in [-0.2, 0) is 6.42 Å². The van der Waals surface area contributed by atoms with Gasteiger partial charge in [0.05, 0.1) is 0 Å². The molecule has 0 aliphatic heterocycles. The van der Waals surface area contributed by atoms with Crippen molar-refractivity contribution in [2.75, 3.05) is 6.54 Å². The van der Waals surface area contributed by atoms with Crippen LogP contribution in [0.1, 0.15) is 18.4 Å². The largest absolute Gasteiger partial charge is 0.328 e. The Kier molecular flexibility index (Phi) is 2.93. The quantitative estimate of drug-likeness (QED) is 0.843. The van der Waals surface area contributed by atoms with Gasteiger partial charge in [-0.1, -0.05) is 6.07 Å². The molecule has 1 aromatic rings. The van der Waals surface area contributed by atoms with E-state index in [1.807, 2.05) is 0 Å². The van der Waals surface area contributed by atoms with E-state index >= 15 is 0 Å². The molecule has 0 bridgehead atoms. The highest BCUT2D eigenvalue weighted by Crippen LogP contribution is 2.43. The Morgan fingerprint density at radius 3 is 2.50 bits per heavy atom. The minimum absolute atomic E-state index is 0.0676. The van der Waals surface area contributed by atoms with Crippen LogP contribution in [-0.4, -0.2) is 12.2 Å². The number of benzene rings is 1. The lowest BCUT2D eigenvalue weighted by Gasteiger charge is -2.23. The number of hydrogen-bond donors (Lipinski definition) is 1. The van der Waals surface area contributed by atoms with Crippen molar-refractivity contribution in [1.82, 2.24) is 0 Å². The van der Waals surface area contributed by atoms with Gasteiger partial charge in [-0.15, -0.1) is 0 Å². The Bertz CT molecular complexity index is 390. The van der Waals surface area contributed by atoms with E-state index in [4.69, 9.17) is 5.73 Å². The Morgan fingerprint density at radius 2 is 2.00 bits per heavy atom. The van der Waals surface area contributed by atoms with Crippen molar-refractivity contribution >= 4 is 0 Å². The van der Waals surface area contributed by atoms with Gasteiger partial charge in [0, 0.05) is 19.0 Å². The van der Waals surface area contributed by atoms with Crippen molar-refractivity contribution in [2.45, 2.75) is 24.9 Å². The molecule has 88 valence electrons. The monoisotopic (exact) mass is 229 g/mol. The maximum atomic E-state index is 14.3. The zero-order valence-electron chi connectivity index (χ0n) is 8.85. The van der Waals surface area contributed by atoms with Gasteiger partial charge in [0.25, 0.3) is 0 Å². The summed E-state index contributed by atoms with van der Waals surface area (Å²) in [6.07, 6.45) is 1.54. The molecule has 0 heterocycles. The fourth-order valence-electron chi connectivity index (χ4n) is 1.97. The number of nitrogens with two attached hydrogens (primary N) is 1. The molecule has 0 spiro atoms. The van der Waals surface area contributed by atoms with Crippen LogP contribution in [0.5, 0.6) is 0 Å². The molecule has 4 heteroatoms. The van der Waals surface area contributed by atoms with Crippen LogP contribution in [0, 0.1) is 17.6 Å². The number of rotatable bonds is 4. The first kappa shape index (κ1) is 11.5. The zero-order chi connectivity index (χ0) is 11.8. The van der Waals surface area contributed by atoms with Crippen molar-refractivity contribution in [3.05, 3.63) is 35.4 Å². The molecule has 0 saturated heterocycles. The van der Waals surface area contributed by atoms with Gasteiger partial charge in [-0.2, -0.15) is 0 Å². The average molecular weight is 229 g/mol. The highest BCUT2D eigenvalue weighted by Gasteiger charge is 2.45. The van der Waals surface area contributed by atoms with Gasteiger partial charge < -0.3 is 5.73 Å². The summed E-state index contributed by atoms with van der Waals surface area (Å²) in [6, 6.07) is 3.21. The first-order valence-corrected chi connectivity index (χ1v) is 5.38. The molecule has 1 aliphatic carbocycles. The van der Waals surface area contributed by atoms with E-state index in [2.05, 4.69) is 0 Å². The second-order valence-electron chi connectivity index (χ2n) is 4.43. The molecule has 1 atom stereocenters. The van der Waals surface area contributed by atoms with Crippen LogP contribution >= 0.6 is 0 Å². The summed E-state index contributed by atoms with van der Waals surface area (Å²) in [5.41, 5.74) is 4.06. The maximum Gasteiger partial charge on any atom is 0.130 e. The molecule has 1 aromatic carbocycles. The molecule has 0 aromatic heterocycles. The summed E-state index contributed by atoms with van der Waals surface area (Å²) in [5, 5.41) is 0. The predicted molar refractivity (Wildman–Crippen MR) is 55.7 cm³/mol. The van der Waals surface area contributed by atoms with E-state index in [0.717, 1.165) is 25.0 Å². The first-order valence-electron chi connectivity index (χ1n) is 5.38. The molecular weight excluding hydrogens is 215 g/mol. The molecular formula is C12H14F3N. The van der Waals surface area contributed by atoms with E-state index in [-0.39, 0.29) is 24.4 Å². The Hall–Kier alpha value is -1.03. The van der Waals surface area contributed by atoms with Gasteiger partial charge in [0.1, 0.15) is 17.3 Å². The third-order valence-electron chi connectivity index (χ3n) is 3.15. The maximum absolute atomic E-state index is 14.3. The van der Waals surface area contributed by atoms with E-state index in [0.29, 0.717) is 0 Å². The molecule has 1 aliphatic rings. The van der Waals surface area contributed by atoms with Crippen LogP contribution in [0.25, 0.3) is 0 Å². The third-order valence-corrected chi connectivity index (χ3v) is 3.15. The minimum atomic E-state index is -1.54. The molecule has 16 heavy (non-hydrogen) atoms. The highest BCUT2D eigenvalue weighted by atomic mass is 19.1. The Morgan fingerprint density at radius 1 is 1.31 bits per heavy atom. The Balaban J connectivity index is 2.18. The van der Waals surface area contributed by atoms with Gasteiger partial charge >= 0.3 is 0 Å². The van der Waals surface area contributed by atoms with E-state index in [1.54, 1.807) is 0 Å². The van der Waals surface area contributed by atoms with E-state index < -0.39 is 17.3 Å². The van der Waals surface area contributed by atoms with Gasteiger partial charge in [-0.3, -0.25) is 0 Å². The van der Waals surface area contributed by atoms with Crippen molar-refractivity contribution < 1.29 is 13.2 Å². The smallest absolute Gasteiger partial charge is 0.130 e. The van der Waals surface area contributed by atoms with Crippen molar-refractivity contribution in [2.24, 2.45) is 11.7 Å². The molecule has 1 saturated carbocycles. The van der Waals surface area contributed by atoms with E-state index in [9.17, 15) is 13.2 Å². The summed E-state index contributed by atoms with van der Waals surface area (Å²) in [5.74, 6) is -1.41. The van der Waals surface area contributed by atoms with Crippen LogP contribution in [0.15, 0.2) is 18.2 Å². The van der Waals surface area contributed by atoms with Crippen molar-refractivity contribution in [3.63, 3.8) is 0 Å². The van der Waals surface area contributed by atoms with Gasteiger partial charge in [-0.05, 0) is 30.4 Å². The molecule has 2 N–H and O–H groups in total. The van der Waals surface area contributed by atoms with Crippen LogP contribution in [0.4, 0.5) is 13.2 Å². The SMILES string of the molecule is NCC(F)(Cc1ccc(F)cc1F)C1CC1. The summed E-state index contributed by atoms with van der Waals surface area (Å²) < 4.78 is 40.3. The van der Waals surface area contributed by atoms with Crippen molar-refractivity contribution in [3.8, 4) is 0 Å². The second kappa shape index (κ2) is 4.09. The van der Waals surface area contributed by atoms with Gasteiger partial charge in [0.2, 0.25) is 0 Å². The fourth-order valence-corrected chi connectivity index (χ4v) is 1.97. The molecule has 1 fully saturated rings. The highest BCUT2D eigenvalue weighted by molar-refractivity contribution is 5.21. The predicted octanol–water partition coefficient (Wildman–Crippen LogP) is 2.58. The third kappa shape index (κ3) is 2.21. The fraction of sp³-hybridized carbons (Fsp3) is 0.500. The first-order chi connectivity index (χ1) is 7.55. The summed E-state index contributed by atoms with van der Waals surface area (Å²) in [4.78, 5) is 0. The Labute approximate surface area is 92.5 Å². The molecule has 0 radical (unpaired) electrons. The number of alkyl halides is 1. The standard InChI is InChI=1S/C12H14F3N/c13-10-4-1-8(11(14)5-10)6-12(15,7-16)9-2-3-9/h1,4-5,9H,2-3,6-7,16H2. The molecule has 1 nitrogen and oxygen atoms in total. The number of hydrogen-bond acceptors (Lipinski definition) is 1.